The van der Waals surface area contributed by atoms with Crippen LogP contribution >= 0.6 is 27.7 Å². The summed E-state index contributed by atoms with van der Waals surface area (Å²) in [6.45, 7) is 4.93. The van der Waals surface area contributed by atoms with Crippen LogP contribution in [-0.2, 0) is 0 Å². The van der Waals surface area contributed by atoms with Crippen LogP contribution in [0.1, 0.15) is 43.6 Å². The standard InChI is InChI=1S/C20H22BrN3OS/c1-3-14-12-26-20-23-18(16-7-5-6-10-22-16)19(24(14)20)15-11-13(21)8-9-17(15)25-4-2/h5-11,14,18-19H,3-4,12H2,1-2H3/t14-,18+,19-/m1/s1. The Balaban J connectivity index is 1.84. The number of aliphatic imine (C=N–C) groups is 1. The number of pyridine rings is 1. The molecule has 6 heteroatoms. The van der Waals surface area contributed by atoms with E-state index in [1.54, 1.807) is 0 Å². The third-order valence-electron chi connectivity index (χ3n) is 4.92. The summed E-state index contributed by atoms with van der Waals surface area (Å²) < 4.78 is 7.04. The summed E-state index contributed by atoms with van der Waals surface area (Å²) in [7, 11) is 0. The Hall–Kier alpha value is -1.53. The fourth-order valence-electron chi connectivity index (χ4n) is 3.72. The lowest BCUT2D eigenvalue weighted by Gasteiger charge is -2.32. The van der Waals surface area contributed by atoms with Gasteiger partial charge in [-0.3, -0.25) is 9.98 Å². The average molecular weight is 432 g/mol. The van der Waals surface area contributed by atoms with Crippen molar-refractivity contribution >= 4 is 32.9 Å². The van der Waals surface area contributed by atoms with Crippen LogP contribution in [0.2, 0.25) is 0 Å². The van der Waals surface area contributed by atoms with Crippen molar-refractivity contribution in [1.82, 2.24) is 9.88 Å². The van der Waals surface area contributed by atoms with Gasteiger partial charge in [0.25, 0.3) is 0 Å². The molecule has 0 saturated carbocycles. The zero-order chi connectivity index (χ0) is 18.1. The van der Waals surface area contributed by atoms with Crippen molar-refractivity contribution in [2.24, 2.45) is 4.99 Å². The normalized spacial score (nSPS) is 24.5. The summed E-state index contributed by atoms with van der Waals surface area (Å²) in [5.74, 6) is 2.03. The second-order valence-electron chi connectivity index (χ2n) is 6.45. The number of thioether (sulfide) groups is 1. The molecule has 1 aromatic carbocycles. The van der Waals surface area contributed by atoms with Gasteiger partial charge in [0.05, 0.1) is 18.3 Å². The second-order valence-corrected chi connectivity index (χ2v) is 8.35. The van der Waals surface area contributed by atoms with Crippen molar-refractivity contribution in [3.8, 4) is 5.75 Å². The number of rotatable bonds is 5. The van der Waals surface area contributed by atoms with E-state index in [-0.39, 0.29) is 12.1 Å². The van der Waals surface area contributed by atoms with Crippen molar-refractivity contribution in [2.75, 3.05) is 12.4 Å². The van der Waals surface area contributed by atoms with Crippen LogP contribution in [0.25, 0.3) is 0 Å². The van der Waals surface area contributed by atoms with Crippen molar-refractivity contribution in [1.29, 1.82) is 0 Å². The number of ether oxygens (including phenoxy) is 1. The quantitative estimate of drug-likeness (QED) is 0.649. The largest absolute Gasteiger partial charge is 0.494 e. The molecular weight excluding hydrogens is 410 g/mol. The van der Waals surface area contributed by atoms with E-state index in [9.17, 15) is 0 Å². The second kappa shape index (κ2) is 7.61. The van der Waals surface area contributed by atoms with Gasteiger partial charge in [0.2, 0.25) is 0 Å². The Bertz CT molecular complexity index is 814. The summed E-state index contributed by atoms with van der Waals surface area (Å²) in [5, 5.41) is 1.14. The van der Waals surface area contributed by atoms with Crippen molar-refractivity contribution in [3.63, 3.8) is 0 Å². The van der Waals surface area contributed by atoms with Crippen LogP contribution in [0, 0.1) is 0 Å². The monoisotopic (exact) mass is 431 g/mol. The highest BCUT2D eigenvalue weighted by Crippen LogP contribution is 2.50. The number of hydrogen-bond acceptors (Lipinski definition) is 5. The van der Waals surface area contributed by atoms with Crippen LogP contribution < -0.4 is 4.74 Å². The summed E-state index contributed by atoms with van der Waals surface area (Å²) in [5.41, 5.74) is 2.19. The first-order valence-electron chi connectivity index (χ1n) is 9.05. The minimum atomic E-state index is -0.0124. The number of fused-ring (bicyclic) bond motifs is 1. The smallest absolute Gasteiger partial charge is 0.160 e. The molecule has 2 aliphatic rings. The predicted octanol–water partition coefficient (Wildman–Crippen LogP) is 5.22. The lowest BCUT2D eigenvalue weighted by atomic mass is 9.94. The van der Waals surface area contributed by atoms with Gasteiger partial charge >= 0.3 is 0 Å². The van der Waals surface area contributed by atoms with Gasteiger partial charge in [-0.15, -0.1) is 0 Å². The SMILES string of the molecule is CCOc1ccc(Br)cc1[C@@H]1[C@H](c2ccccn2)N=C2SC[C@@H](CC)N21. The Morgan fingerprint density at radius 1 is 1.27 bits per heavy atom. The lowest BCUT2D eigenvalue weighted by molar-refractivity contribution is 0.245. The van der Waals surface area contributed by atoms with Gasteiger partial charge in [-0.2, -0.15) is 0 Å². The molecule has 2 aliphatic heterocycles. The summed E-state index contributed by atoms with van der Waals surface area (Å²) in [6.07, 6.45) is 2.96. The lowest BCUT2D eigenvalue weighted by Crippen LogP contribution is -2.35. The molecule has 0 amide bonds. The van der Waals surface area contributed by atoms with Gasteiger partial charge in [0.1, 0.15) is 11.8 Å². The highest BCUT2D eigenvalue weighted by molar-refractivity contribution is 9.10. The van der Waals surface area contributed by atoms with Crippen LogP contribution in [0.15, 0.2) is 52.1 Å². The van der Waals surface area contributed by atoms with Crippen molar-refractivity contribution in [2.45, 2.75) is 38.4 Å². The molecule has 1 fully saturated rings. The Kier molecular flexibility index (Phi) is 5.23. The van der Waals surface area contributed by atoms with Crippen molar-refractivity contribution in [3.05, 3.63) is 58.3 Å². The Morgan fingerprint density at radius 2 is 2.15 bits per heavy atom. The van der Waals surface area contributed by atoms with Gasteiger partial charge in [-0.25, -0.2) is 0 Å². The Labute approximate surface area is 167 Å². The van der Waals surface area contributed by atoms with Gasteiger partial charge in [0.15, 0.2) is 5.17 Å². The fraction of sp³-hybridized carbons (Fsp3) is 0.400. The summed E-state index contributed by atoms with van der Waals surface area (Å²) in [6, 6.07) is 12.9. The van der Waals surface area contributed by atoms with Crippen molar-refractivity contribution < 1.29 is 4.74 Å². The molecule has 0 aliphatic carbocycles. The number of amidine groups is 1. The van der Waals surface area contributed by atoms with Gasteiger partial charge in [-0.05, 0) is 43.7 Å². The molecule has 4 nitrogen and oxygen atoms in total. The highest BCUT2D eigenvalue weighted by Gasteiger charge is 2.46. The van der Waals surface area contributed by atoms with E-state index in [2.05, 4.69) is 50.9 Å². The van der Waals surface area contributed by atoms with E-state index in [0.717, 1.165) is 33.3 Å². The van der Waals surface area contributed by atoms with Crippen LogP contribution in [0.5, 0.6) is 5.75 Å². The van der Waals surface area contributed by atoms with Crippen LogP contribution in [0.4, 0.5) is 0 Å². The molecule has 2 aromatic rings. The zero-order valence-corrected chi connectivity index (χ0v) is 17.3. The molecule has 0 radical (unpaired) electrons. The summed E-state index contributed by atoms with van der Waals surface area (Å²) >= 11 is 5.50. The number of halogens is 1. The number of benzene rings is 1. The molecule has 0 N–H and O–H groups in total. The van der Waals surface area contributed by atoms with Gasteiger partial charge in [-0.1, -0.05) is 40.7 Å². The van der Waals surface area contributed by atoms with Crippen LogP contribution in [0.3, 0.4) is 0 Å². The Morgan fingerprint density at radius 3 is 2.88 bits per heavy atom. The maximum Gasteiger partial charge on any atom is 0.160 e. The van der Waals surface area contributed by atoms with Crippen LogP contribution in [-0.4, -0.2) is 33.5 Å². The molecule has 26 heavy (non-hydrogen) atoms. The van der Waals surface area contributed by atoms with E-state index in [0.29, 0.717) is 12.6 Å². The minimum Gasteiger partial charge on any atom is -0.494 e. The molecule has 1 saturated heterocycles. The van der Waals surface area contributed by atoms with E-state index >= 15 is 0 Å². The minimum absolute atomic E-state index is 0.0124. The number of hydrogen-bond donors (Lipinski definition) is 0. The predicted molar refractivity (Wildman–Crippen MR) is 111 cm³/mol. The third kappa shape index (κ3) is 3.14. The maximum absolute atomic E-state index is 5.98. The van der Waals surface area contributed by atoms with Gasteiger partial charge < -0.3 is 9.64 Å². The third-order valence-corrected chi connectivity index (χ3v) is 6.54. The van der Waals surface area contributed by atoms with E-state index in [1.807, 2.05) is 43.1 Å². The summed E-state index contributed by atoms with van der Waals surface area (Å²) in [4.78, 5) is 12.2. The van der Waals surface area contributed by atoms with E-state index < -0.39 is 0 Å². The van der Waals surface area contributed by atoms with Gasteiger partial charge in [0, 0.05) is 28.0 Å². The molecular formula is C20H22BrN3OS. The average Bonchev–Trinajstić information content (AvgIpc) is 3.23. The molecule has 0 spiro atoms. The molecule has 3 atom stereocenters. The highest BCUT2D eigenvalue weighted by atomic mass is 79.9. The molecule has 1 aromatic heterocycles. The van der Waals surface area contributed by atoms with E-state index in [4.69, 9.17) is 9.73 Å². The molecule has 3 heterocycles. The zero-order valence-electron chi connectivity index (χ0n) is 14.9. The fourth-order valence-corrected chi connectivity index (χ4v) is 5.44. The first-order valence-corrected chi connectivity index (χ1v) is 10.8. The first kappa shape index (κ1) is 17.9. The molecule has 4 rings (SSSR count). The van der Waals surface area contributed by atoms with E-state index in [1.165, 1.54) is 5.56 Å². The molecule has 136 valence electrons. The number of nitrogens with zero attached hydrogens (tertiary/aromatic N) is 3. The molecule has 0 unspecified atom stereocenters. The number of aromatic nitrogens is 1. The topological polar surface area (TPSA) is 37.7 Å². The maximum atomic E-state index is 5.98. The first-order chi connectivity index (χ1) is 12.7. The molecule has 0 bridgehead atoms.